The molecule has 0 spiro atoms. The lowest BCUT2D eigenvalue weighted by Gasteiger charge is -2.59. The Balaban J connectivity index is 1.42. The summed E-state index contributed by atoms with van der Waals surface area (Å²) in [4.78, 5) is 41.1. The number of hydrogen-bond acceptors (Lipinski definition) is 6. The molecule has 0 bridgehead atoms. The van der Waals surface area contributed by atoms with Gasteiger partial charge in [0.15, 0.2) is 12.4 Å². The van der Waals surface area contributed by atoms with E-state index in [4.69, 9.17) is 4.84 Å². The van der Waals surface area contributed by atoms with Crippen molar-refractivity contribution in [1.82, 2.24) is 5.32 Å². The van der Waals surface area contributed by atoms with Crippen LogP contribution in [0.15, 0.2) is 16.8 Å². The van der Waals surface area contributed by atoms with Crippen molar-refractivity contribution in [1.29, 1.82) is 0 Å². The zero-order valence-electron chi connectivity index (χ0n) is 22.3. The van der Waals surface area contributed by atoms with Crippen LogP contribution in [0.25, 0.3) is 0 Å². The average molecular weight is 503 g/mol. The van der Waals surface area contributed by atoms with Gasteiger partial charge in [0, 0.05) is 5.41 Å². The number of Topliss-reactive ketones (excluding diaryl/α,β-unsaturated/α-hetero) is 1. The monoisotopic (exact) mass is 502 g/mol. The molecule has 8 heteroatoms. The summed E-state index contributed by atoms with van der Waals surface area (Å²) in [6, 6.07) is -0.954. The van der Waals surface area contributed by atoms with Crippen molar-refractivity contribution in [2.75, 3.05) is 6.61 Å². The summed E-state index contributed by atoms with van der Waals surface area (Å²) in [6.45, 7) is 9.23. The molecule has 0 aromatic rings. The quantitative estimate of drug-likeness (QED) is 0.454. The number of nitrogens with zero attached hydrogens (tertiary/aromatic N) is 1. The number of carbonyl (C=O) groups is 3. The number of ketones is 1. The third-order valence-corrected chi connectivity index (χ3v) is 10.3. The molecule has 0 aromatic carbocycles. The van der Waals surface area contributed by atoms with E-state index in [1.807, 2.05) is 0 Å². The summed E-state index contributed by atoms with van der Waals surface area (Å²) in [5.74, 6) is -0.455. The van der Waals surface area contributed by atoms with Gasteiger partial charge in [-0.3, -0.25) is 9.59 Å². The lowest BCUT2D eigenvalue weighted by molar-refractivity contribution is -0.159. The molecule has 0 aromatic heterocycles. The van der Waals surface area contributed by atoms with Gasteiger partial charge in [-0.05, 0) is 93.5 Å². The first-order valence-corrected chi connectivity index (χ1v) is 13.5. The summed E-state index contributed by atoms with van der Waals surface area (Å²) in [5, 5.41) is 27.2. The number of aliphatic hydroxyl groups is 1. The Labute approximate surface area is 213 Å². The van der Waals surface area contributed by atoms with E-state index >= 15 is 0 Å². The molecule has 200 valence electrons. The van der Waals surface area contributed by atoms with E-state index in [0.717, 1.165) is 50.7 Å². The minimum absolute atomic E-state index is 0.0730. The number of oxime groups is 1. The molecule has 0 aliphatic heterocycles. The van der Waals surface area contributed by atoms with Crippen LogP contribution in [0.5, 0.6) is 0 Å². The SMILES string of the molecule is CC(=O)[C@@]1(O)CC[C@H]2[C@@H]3CCC4=CC(=NOCC(=O)N[C@H](C(=O)O)C(C)C)CC[C@]4(C)[C@H]3CC[C@@]21C. The predicted octanol–water partition coefficient (Wildman–Crippen LogP) is 3.87. The van der Waals surface area contributed by atoms with Crippen molar-refractivity contribution in [2.24, 2.45) is 39.7 Å². The number of aliphatic carboxylic acids is 1. The number of nitrogens with one attached hydrogen (secondary N) is 1. The van der Waals surface area contributed by atoms with Crippen molar-refractivity contribution >= 4 is 23.4 Å². The van der Waals surface area contributed by atoms with E-state index in [1.54, 1.807) is 20.8 Å². The zero-order chi connectivity index (χ0) is 26.5. The minimum atomic E-state index is -1.19. The van der Waals surface area contributed by atoms with Gasteiger partial charge in [0.1, 0.15) is 11.6 Å². The van der Waals surface area contributed by atoms with Crippen LogP contribution in [0.2, 0.25) is 0 Å². The van der Waals surface area contributed by atoms with Gasteiger partial charge in [-0.25, -0.2) is 4.79 Å². The first-order chi connectivity index (χ1) is 16.8. The molecule has 3 fully saturated rings. The fraction of sp³-hybridized carbons (Fsp3) is 0.786. The maximum atomic E-state index is 12.4. The third kappa shape index (κ3) is 4.29. The highest BCUT2D eigenvalue weighted by Crippen LogP contribution is 2.67. The summed E-state index contributed by atoms with van der Waals surface area (Å²) < 4.78 is 0. The summed E-state index contributed by atoms with van der Waals surface area (Å²) in [5.41, 5.74) is 0.761. The van der Waals surface area contributed by atoms with E-state index < -0.39 is 23.5 Å². The van der Waals surface area contributed by atoms with Crippen molar-refractivity contribution < 1.29 is 29.4 Å². The first-order valence-electron chi connectivity index (χ1n) is 13.5. The molecule has 4 rings (SSSR count). The second-order valence-electron chi connectivity index (χ2n) is 12.4. The number of rotatable bonds is 7. The average Bonchev–Trinajstić information content (AvgIpc) is 3.09. The van der Waals surface area contributed by atoms with Crippen LogP contribution in [0.1, 0.15) is 86.0 Å². The Bertz CT molecular complexity index is 989. The lowest BCUT2D eigenvalue weighted by atomic mass is 9.46. The molecule has 3 saturated carbocycles. The van der Waals surface area contributed by atoms with Gasteiger partial charge in [0.2, 0.25) is 0 Å². The molecule has 3 N–H and O–H groups in total. The minimum Gasteiger partial charge on any atom is -0.480 e. The summed E-state index contributed by atoms with van der Waals surface area (Å²) >= 11 is 0. The smallest absolute Gasteiger partial charge is 0.326 e. The molecule has 4 aliphatic rings. The standard InChI is InChI=1S/C28H42N2O6/c1-16(2)24(25(33)34)29-23(32)15-36-30-19-8-11-26(4)18(14-19)6-7-20-21(26)9-12-27(5)22(20)10-13-28(27,35)17(3)31/h14,16,20-22,24,35H,6-13,15H2,1-5H3,(H,29,32)(H,33,34)/t20-,21+,22+,24+,26+,27+,28+/m1/s1. The maximum absolute atomic E-state index is 12.4. The van der Waals surface area contributed by atoms with Crippen molar-refractivity contribution in [2.45, 2.75) is 97.6 Å². The van der Waals surface area contributed by atoms with Crippen LogP contribution in [0.4, 0.5) is 0 Å². The molecule has 8 nitrogen and oxygen atoms in total. The molecule has 0 saturated heterocycles. The maximum Gasteiger partial charge on any atom is 0.326 e. The van der Waals surface area contributed by atoms with Gasteiger partial charge in [-0.1, -0.05) is 38.4 Å². The Kier molecular flexibility index (Phi) is 7.14. The normalized spacial score (nSPS) is 39.5. The number of amides is 1. The fourth-order valence-corrected chi connectivity index (χ4v) is 8.14. The zero-order valence-corrected chi connectivity index (χ0v) is 22.3. The van der Waals surface area contributed by atoms with Crippen molar-refractivity contribution in [3.63, 3.8) is 0 Å². The first kappa shape index (κ1) is 26.8. The van der Waals surface area contributed by atoms with Gasteiger partial charge in [-0.2, -0.15) is 0 Å². The van der Waals surface area contributed by atoms with Crippen LogP contribution in [-0.2, 0) is 19.2 Å². The highest BCUT2D eigenvalue weighted by Gasteiger charge is 2.65. The molecule has 4 aliphatic carbocycles. The number of carbonyl (C=O) groups excluding carboxylic acids is 2. The Morgan fingerprint density at radius 2 is 1.81 bits per heavy atom. The molecule has 0 radical (unpaired) electrons. The fourth-order valence-electron chi connectivity index (χ4n) is 8.14. The van der Waals surface area contributed by atoms with Gasteiger partial charge in [0.05, 0.1) is 5.71 Å². The molecule has 7 atom stereocenters. The van der Waals surface area contributed by atoms with Crippen molar-refractivity contribution in [3.05, 3.63) is 11.6 Å². The van der Waals surface area contributed by atoms with Gasteiger partial charge in [0.25, 0.3) is 5.91 Å². The molecule has 0 heterocycles. The predicted molar refractivity (Wildman–Crippen MR) is 135 cm³/mol. The van der Waals surface area contributed by atoms with E-state index in [-0.39, 0.29) is 29.1 Å². The number of carboxylic acid groups (broad SMARTS) is 1. The second-order valence-corrected chi connectivity index (χ2v) is 12.4. The Morgan fingerprint density at radius 1 is 1.11 bits per heavy atom. The van der Waals surface area contributed by atoms with E-state index in [9.17, 15) is 24.6 Å². The van der Waals surface area contributed by atoms with Crippen LogP contribution < -0.4 is 5.32 Å². The number of carboxylic acids is 1. The Morgan fingerprint density at radius 3 is 2.44 bits per heavy atom. The highest BCUT2D eigenvalue weighted by molar-refractivity contribution is 5.96. The lowest BCUT2D eigenvalue weighted by Crippen LogP contribution is -2.57. The summed E-state index contributed by atoms with van der Waals surface area (Å²) in [6.07, 6.45) is 9.29. The molecular formula is C28H42N2O6. The topological polar surface area (TPSA) is 125 Å². The number of allylic oxidation sites excluding steroid dienone is 2. The highest BCUT2D eigenvalue weighted by atomic mass is 16.6. The third-order valence-electron chi connectivity index (χ3n) is 10.3. The van der Waals surface area contributed by atoms with Crippen LogP contribution in [-0.4, -0.2) is 51.8 Å². The van der Waals surface area contributed by atoms with Crippen LogP contribution in [0.3, 0.4) is 0 Å². The molecule has 0 unspecified atom stereocenters. The van der Waals surface area contributed by atoms with E-state index in [2.05, 4.69) is 30.4 Å². The van der Waals surface area contributed by atoms with Crippen LogP contribution in [0, 0.1) is 34.5 Å². The molecular weight excluding hydrogens is 460 g/mol. The number of hydrogen-bond donors (Lipinski definition) is 3. The van der Waals surface area contributed by atoms with Gasteiger partial charge >= 0.3 is 5.97 Å². The van der Waals surface area contributed by atoms with Crippen molar-refractivity contribution in [3.8, 4) is 0 Å². The second kappa shape index (κ2) is 9.58. The Hall–Kier alpha value is -2.22. The van der Waals surface area contributed by atoms with E-state index in [0.29, 0.717) is 24.2 Å². The summed E-state index contributed by atoms with van der Waals surface area (Å²) in [7, 11) is 0. The molecule has 1 amide bonds. The van der Waals surface area contributed by atoms with Crippen LogP contribution >= 0.6 is 0 Å². The van der Waals surface area contributed by atoms with Gasteiger partial charge < -0.3 is 20.4 Å². The van der Waals surface area contributed by atoms with Gasteiger partial charge in [-0.15, -0.1) is 0 Å². The van der Waals surface area contributed by atoms with E-state index in [1.165, 1.54) is 5.57 Å². The number of fused-ring (bicyclic) bond motifs is 5. The largest absolute Gasteiger partial charge is 0.480 e. The molecule has 36 heavy (non-hydrogen) atoms.